The van der Waals surface area contributed by atoms with Crippen LogP contribution in [-0.4, -0.2) is 27.0 Å². The molecule has 0 saturated heterocycles. The normalized spacial score (nSPS) is 11.2. The average molecular weight is 227 g/mol. The summed E-state index contributed by atoms with van der Waals surface area (Å²) in [5.74, 6) is 0. The maximum Gasteiger partial charge on any atom is 0.407 e. The lowest BCUT2D eigenvalue weighted by Crippen LogP contribution is -2.32. The number of carbonyl (C=O) groups is 1. The van der Waals surface area contributed by atoms with Gasteiger partial charge in [-0.25, -0.2) is 4.79 Å². The first-order chi connectivity index (χ1) is 7.40. The van der Waals surface area contributed by atoms with Gasteiger partial charge in [-0.1, -0.05) is 0 Å². The Labute approximate surface area is 94.0 Å². The van der Waals surface area contributed by atoms with Crippen molar-refractivity contribution < 1.29 is 14.6 Å². The highest BCUT2D eigenvalue weighted by Crippen LogP contribution is 2.06. The van der Waals surface area contributed by atoms with Crippen molar-refractivity contribution in [1.29, 1.82) is 0 Å². The Morgan fingerprint density at radius 2 is 2.31 bits per heavy atom. The van der Waals surface area contributed by atoms with E-state index in [9.17, 15) is 4.79 Å². The van der Waals surface area contributed by atoms with Gasteiger partial charge in [-0.05, 0) is 26.8 Å². The number of hydrogen-bond donors (Lipinski definition) is 3. The van der Waals surface area contributed by atoms with E-state index in [-0.39, 0.29) is 6.61 Å². The van der Waals surface area contributed by atoms with Crippen LogP contribution in [0, 0.1) is 0 Å². The van der Waals surface area contributed by atoms with Crippen LogP contribution in [0.5, 0.6) is 0 Å². The third-order valence-electron chi connectivity index (χ3n) is 1.67. The van der Waals surface area contributed by atoms with E-state index in [1.807, 2.05) is 0 Å². The number of aliphatic hydroxyl groups is 1. The average Bonchev–Trinajstić information content (AvgIpc) is 2.59. The minimum absolute atomic E-state index is 0.122. The molecular weight excluding hydrogens is 210 g/mol. The fourth-order valence-corrected chi connectivity index (χ4v) is 1.06. The summed E-state index contributed by atoms with van der Waals surface area (Å²) in [6, 6.07) is 1.68. The van der Waals surface area contributed by atoms with Crippen LogP contribution in [0.25, 0.3) is 0 Å². The van der Waals surface area contributed by atoms with Crippen LogP contribution in [0.4, 0.5) is 4.79 Å². The van der Waals surface area contributed by atoms with Gasteiger partial charge in [-0.2, -0.15) is 5.10 Å². The van der Waals surface area contributed by atoms with Crippen LogP contribution < -0.4 is 5.32 Å². The summed E-state index contributed by atoms with van der Waals surface area (Å²) in [5.41, 5.74) is 0.754. The molecule has 1 amide bonds. The van der Waals surface area contributed by atoms with E-state index in [1.54, 1.807) is 26.8 Å². The first kappa shape index (κ1) is 12.5. The van der Waals surface area contributed by atoms with Crippen LogP contribution in [0.1, 0.15) is 32.2 Å². The molecule has 0 radical (unpaired) electrons. The molecule has 0 aliphatic rings. The number of alkyl carbamates (subject to hydrolysis) is 1. The third-order valence-corrected chi connectivity index (χ3v) is 1.67. The van der Waals surface area contributed by atoms with E-state index in [4.69, 9.17) is 9.84 Å². The van der Waals surface area contributed by atoms with Gasteiger partial charge in [0.2, 0.25) is 0 Å². The summed E-state index contributed by atoms with van der Waals surface area (Å²) in [5, 5.41) is 17.9. The molecule has 0 atom stereocenters. The van der Waals surface area contributed by atoms with Crippen molar-refractivity contribution in [1.82, 2.24) is 15.5 Å². The number of aromatic nitrogens is 2. The summed E-state index contributed by atoms with van der Waals surface area (Å²) >= 11 is 0. The molecule has 16 heavy (non-hydrogen) atoms. The molecule has 3 N–H and O–H groups in total. The predicted molar refractivity (Wildman–Crippen MR) is 57.6 cm³/mol. The SMILES string of the molecule is CC(C)(C)OC(=O)NCc1cc(CO)n[nH]1. The van der Waals surface area contributed by atoms with E-state index in [1.165, 1.54) is 0 Å². The molecule has 1 aromatic heterocycles. The van der Waals surface area contributed by atoms with E-state index in [0.717, 1.165) is 5.69 Å². The van der Waals surface area contributed by atoms with Crippen molar-refractivity contribution in [2.75, 3.05) is 0 Å². The highest BCUT2D eigenvalue weighted by Gasteiger charge is 2.15. The number of aromatic amines is 1. The summed E-state index contributed by atoms with van der Waals surface area (Å²) in [6.07, 6.45) is -0.479. The zero-order chi connectivity index (χ0) is 12.2. The van der Waals surface area contributed by atoms with Crippen molar-refractivity contribution in [3.8, 4) is 0 Å². The van der Waals surface area contributed by atoms with Gasteiger partial charge in [0.05, 0.1) is 24.5 Å². The van der Waals surface area contributed by atoms with Crippen molar-refractivity contribution in [3.05, 3.63) is 17.5 Å². The number of ether oxygens (including phenoxy) is 1. The number of hydrogen-bond acceptors (Lipinski definition) is 4. The Kier molecular flexibility index (Phi) is 3.89. The maximum atomic E-state index is 11.3. The molecule has 0 fully saturated rings. The molecule has 1 heterocycles. The predicted octanol–water partition coefficient (Wildman–Crippen LogP) is 0.927. The summed E-state index contributed by atoms with van der Waals surface area (Å²) in [4.78, 5) is 11.3. The number of carbonyl (C=O) groups excluding carboxylic acids is 1. The van der Waals surface area contributed by atoms with Gasteiger partial charge in [-0.3, -0.25) is 5.10 Å². The zero-order valence-electron chi connectivity index (χ0n) is 9.70. The number of rotatable bonds is 3. The first-order valence-electron chi connectivity index (χ1n) is 5.01. The highest BCUT2D eigenvalue weighted by molar-refractivity contribution is 5.67. The van der Waals surface area contributed by atoms with Gasteiger partial charge in [0.15, 0.2) is 0 Å². The summed E-state index contributed by atoms with van der Waals surface area (Å²) < 4.78 is 5.06. The monoisotopic (exact) mass is 227 g/mol. The first-order valence-corrected chi connectivity index (χ1v) is 5.01. The van der Waals surface area contributed by atoms with Gasteiger partial charge in [-0.15, -0.1) is 0 Å². The smallest absolute Gasteiger partial charge is 0.407 e. The Morgan fingerprint density at radius 3 is 2.81 bits per heavy atom. The minimum Gasteiger partial charge on any atom is -0.444 e. The van der Waals surface area contributed by atoms with Crippen LogP contribution in [0.15, 0.2) is 6.07 Å². The van der Waals surface area contributed by atoms with Crippen LogP contribution in [0.2, 0.25) is 0 Å². The van der Waals surface area contributed by atoms with Gasteiger partial charge >= 0.3 is 6.09 Å². The fraction of sp³-hybridized carbons (Fsp3) is 0.600. The Bertz CT molecular complexity index is 354. The zero-order valence-corrected chi connectivity index (χ0v) is 9.70. The molecule has 0 bridgehead atoms. The molecule has 1 rings (SSSR count). The van der Waals surface area contributed by atoms with Crippen LogP contribution in [-0.2, 0) is 17.9 Å². The van der Waals surface area contributed by atoms with Gasteiger partial charge in [0.1, 0.15) is 5.60 Å². The van der Waals surface area contributed by atoms with Crippen molar-refractivity contribution >= 4 is 6.09 Å². The maximum absolute atomic E-state index is 11.3. The molecule has 0 spiro atoms. The number of H-pyrrole nitrogens is 1. The number of amides is 1. The fourth-order valence-electron chi connectivity index (χ4n) is 1.06. The second-order valence-electron chi connectivity index (χ2n) is 4.40. The second kappa shape index (κ2) is 4.98. The molecule has 0 unspecified atom stereocenters. The molecule has 6 heteroatoms. The molecule has 90 valence electrons. The lowest BCUT2D eigenvalue weighted by Gasteiger charge is -2.19. The van der Waals surface area contributed by atoms with Crippen molar-refractivity contribution in [2.45, 2.75) is 39.5 Å². The summed E-state index contributed by atoms with van der Waals surface area (Å²) in [6.45, 7) is 5.57. The lowest BCUT2D eigenvalue weighted by atomic mass is 10.2. The number of nitrogens with one attached hydrogen (secondary N) is 2. The molecule has 0 aromatic carbocycles. The largest absolute Gasteiger partial charge is 0.444 e. The van der Waals surface area contributed by atoms with Crippen LogP contribution >= 0.6 is 0 Å². The molecule has 0 saturated carbocycles. The molecular formula is C10H17N3O3. The molecule has 0 aliphatic heterocycles. The molecule has 0 aliphatic carbocycles. The minimum atomic E-state index is -0.506. The van der Waals surface area contributed by atoms with E-state index in [2.05, 4.69) is 15.5 Å². The van der Waals surface area contributed by atoms with Crippen molar-refractivity contribution in [2.24, 2.45) is 0 Å². The lowest BCUT2D eigenvalue weighted by molar-refractivity contribution is 0.0523. The highest BCUT2D eigenvalue weighted by atomic mass is 16.6. The number of nitrogens with zero attached hydrogens (tertiary/aromatic N) is 1. The van der Waals surface area contributed by atoms with E-state index in [0.29, 0.717) is 12.2 Å². The van der Waals surface area contributed by atoms with Gasteiger partial charge < -0.3 is 15.2 Å². The Morgan fingerprint density at radius 1 is 1.62 bits per heavy atom. The standard InChI is InChI=1S/C10H17N3O3/c1-10(2,3)16-9(15)11-5-7-4-8(6-14)13-12-7/h4,14H,5-6H2,1-3H3,(H,11,15)(H,12,13). The van der Waals surface area contributed by atoms with E-state index >= 15 is 0 Å². The van der Waals surface area contributed by atoms with E-state index < -0.39 is 11.7 Å². The van der Waals surface area contributed by atoms with Gasteiger partial charge in [0, 0.05) is 0 Å². The number of aliphatic hydroxyl groups excluding tert-OH is 1. The Balaban J connectivity index is 2.37. The summed E-state index contributed by atoms with van der Waals surface area (Å²) in [7, 11) is 0. The Hall–Kier alpha value is -1.56. The third kappa shape index (κ3) is 4.31. The van der Waals surface area contributed by atoms with Crippen LogP contribution in [0.3, 0.4) is 0 Å². The van der Waals surface area contributed by atoms with Gasteiger partial charge in [0.25, 0.3) is 0 Å². The molecule has 6 nitrogen and oxygen atoms in total. The quantitative estimate of drug-likeness (QED) is 0.716. The van der Waals surface area contributed by atoms with Crippen molar-refractivity contribution in [3.63, 3.8) is 0 Å². The second-order valence-corrected chi connectivity index (χ2v) is 4.40. The topological polar surface area (TPSA) is 87.2 Å². The molecule has 1 aromatic rings.